The van der Waals surface area contributed by atoms with Crippen molar-refractivity contribution in [2.24, 2.45) is 0 Å². The van der Waals surface area contributed by atoms with E-state index in [1.165, 1.54) is 36.3 Å². The van der Waals surface area contributed by atoms with Crippen LogP contribution in [0.1, 0.15) is 17.2 Å². The minimum Gasteiger partial charge on any atom is -0.507 e. The number of nitro groups is 1. The fourth-order valence-corrected chi connectivity index (χ4v) is 3.47. The smallest absolute Gasteiger partial charge is 0.295 e. The summed E-state index contributed by atoms with van der Waals surface area (Å²) in [6, 6.07) is 11.3. The number of methoxy groups -OCH3 is 1. The highest BCUT2D eigenvalue weighted by molar-refractivity contribution is 6.46. The van der Waals surface area contributed by atoms with E-state index >= 15 is 0 Å². The van der Waals surface area contributed by atoms with Gasteiger partial charge in [-0.3, -0.25) is 19.7 Å². The van der Waals surface area contributed by atoms with E-state index in [2.05, 4.69) is 0 Å². The molecule has 9 nitrogen and oxygen atoms in total. The van der Waals surface area contributed by atoms with Gasteiger partial charge in [-0.15, -0.1) is 0 Å². The van der Waals surface area contributed by atoms with E-state index in [0.717, 1.165) is 0 Å². The standard InChI is InChI=1S/C22H23N3O6/c1-23(2)11-12-24-19(14-7-9-16(10-8-14)25(29)30)18(21(27)22(24)28)20(26)15-5-4-6-17(13-15)31-3/h4-10,13,19,26H,11-12H2,1-3H3/b20-18+/t19-/m0/s1. The Balaban J connectivity index is 2.15. The third-order valence-corrected chi connectivity index (χ3v) is 5.09. The Hall–Kier alpha value is -3.72. The molecule has 1 aliphatic rings. The van der Waals surface area contributed by atoms with Crippen LogP contribution in [0, 0.1) is 10.1 Å². The SMILES string of the molecule is COc1cccc(/C(O)=C2\C(=O)C(=O)N(CCN(C)C)[C@H]2c2ccc([N+](=O)[O-])cc2)c1. The molecule has 0 spiro atoms. The van der Waals surface area contributed by atoms with Crippen molar-refractivity contribution in [2.45, 2.75) is 6.04 Å². The Morgan fingerprint density at radius 3 is 2.45 bits per heavy atom. The quantitative estimate of drug-likeness (QED) is 0.238. The Kier molecular flexibility index (Phi) is 6.36. The number of nitrogens with zero attached hydrogens (tertiary/aromatic N) is 3. The Bertz CT molecular complexity index is 1050. The summed E-state index contributed by atoms with van der Waals surface area (Å²) in [5.41, 5.74) is 0.650. The first-order valence-electron chi connectivity index (χ1n) is 9.56. The summed E-state index contributed by atoms with van der Waals surface area (Å²) in [5, 5.41) is 22.0. The first kappa shape index (κ1) is 22.0. The van der Waals surface area contributed by atoms with Gasteiger partial charge in [0.05, 0.1) is 23.6 Å². The lowest BCUT2D eigenvalue weighted by molar-refractivity contribution is -0.384. The van der Waals surface area contributed by atoms with Crippen LogP contribution >= 0.6 is 0 Å². The predicted octanol–water partition coefficient (Wildman–Crippen LogP) is 2.59. The van der Waals surface area contributed by atoms with Crippen molar-refractivity contribution in [3.63, 3.8) is 0 Å². The lowest BCUT2D eigenvalue weighted by atomic mass is 9.95. The molecule has 1 amide bonds. The number of amides is 1. The monoisotopic (exact) mass is 425 g/mol. The number of benzene rings is 2. The zero-order valence-corrected chi connectivity index (χ0v) is 17.4. The summed E-state index contributed by atoms with van der Waals surface area (Å²) >= 11 is 0. The number of likely N-dealkylation sites (tertiary alicyclic amines) is 1. The average Bonchev–Trinajstić information content (AvgIpc) is 3.01. The van der Waals surface area contributed by atoms with Crippen LogP contribution in [0.4, 0.5) is 5.69 Å². The number of hydrogen-bond donors (Lipinski definition) is 1. The summed E-state index contributed by atoms with van der Waals surface area (Å²) < 4.78 is 5.18. The number of likely N-dealkylation sites (N-methyl/N-ethyl adjacent to an activating group) is 1. The van der Waals surface area contributed by atoms with Gasteiger partial charge in [-0.25, -0.2) is 0 Å². The molecule has 0 bridgehead atoms. The number of ketones is 1. The molecule has 0 aromatic heterocycles. The number of ether oxygens (including phenoxy) is 1. The van der Waals surface area contributed by atoms with Crippen LogP contribution in [0.15, 0.2) is 54.1 Å². The van der Waals surface area contributed by atoms with E-state index < -0.39 is 22.7 Å². The number of non-ortho nitro benzene ring substituents is 1. The van der Waals surface area contributed by atoms with E-state index in [4.69, 9.17) is 4.74 Å². The second-order valence-corrected chi connectivity index (χ2v) is 7.38. The largest absolute Gasteiger partial charge is 0.507 e. The molecule has 31 heavy (non-hydrogen) atoms. The summed E-state index contributed by atoms with van der Waals surface area (Å²) in [6.07, 6.45) is 0. The van der Waals surface area contributed by atoms with E-state index in [9.17, 15) is 24.8 Å². The zero-order valence-electron chi connectivity index (χ0n) is 17.4. The molecule has 0 unspecified atom stereocenters. The summed E-state index contributed by atoms with van der Waals surface area (Å²) in [4.78, 5) is 39.5. The van der Waals surface area contributed by atoms with Gasteiger partial charge >= 0.3 is 0 Å². The summed E-state index contributed by atoms with van der Waals surface area (Å²) in [7, 11) is 5.16. The Morgan fingerprint density at radius 1 is 1.19 bits per heavy atom. The number of aliphatic hydroxyl groups is 1. The van der Waals surface area contributed by atoms with Crippen molar-refractivity contribution in [3.8, 4) is 5.75 Å². The Morgan fingerprint density at radius 2 is 1.87 bits per heavy atom. The van der Waals surface area contributed by atoms with Crippen LogP contribution < -0.4 is 4.74 Å². The van der Waals surface area contributed by atoms with Gasteiger partial charge in [0.2, 0.25) is 0 Å². The molecule has 2 aromatic carbocycles. The maximum atomic E-state index is 12.9. The molecule has 0 aliphatic carbocycles. The van der Waals surface area contributed by atoms with Gasteiger partial charge in [-0.05, 0) is 43.9 Å². The first-order chi connectivity index (χ1) is 14.7. The number of Topliss-reactive ketones (excluding diaryl/α,β-unsaturated/α-hetero) is 1. The highest BCUT2D eigenvalue weighted by Gasteiger charge is 2.46. The van der Waals surface area contributed by atoms with Crippen LogP contribution in [0.3, 0.4) is 0 Å². The molecular weight excluding hydrogens is 402 g/mol. The molecule has 1 heterocycles. The molecule has 9 heteroatoms. The van der Waals surface area contributed by atoms with Gasteiger partial charge in [0.1, 0.15) is 11.5 Å². The zero-order chi connectivity index (χ0) is 22.7. The van der Waals surface area contributed by atoms with Gasteiger partial charge < -0.3 is 19.6 Å². The van der Waals surface area contributed by atoms with E-state index in [-0.39, 0.29) is 23.6 Å². The summed E-state index contributed by atoms with van der Waals surface area (Å²) in [6.45, 7) is 0.740. The van der Waals surface area contributed by atoms with E-state index in [1.807, 2.05) is 19.0 Å². The van der Waals surface area contributed by atoms with Crippen LogP contribution in [0.25, 0.3) is 5.76 Å². The highest BCUT2D eigenvalue weighted by Crippen LogP contribution is 2.40. The van der Waals surface area contributed by atoms with Crippen molar-refractivity contribution >= 4 is 23.1 Å². The molecule has 1 N–H and O–H groups in total. The van der Waals surface area contributed by atoms with Crippen molar-refractivity contribution in [3.05, 3.63) is 75.3 Å². The normalized spacial score (nSPS) is 17.9. The fraction of sp³-hybridized carbons (Fsp3) is 0.273. The second-order valence-electron chi connectivity index (χ2n) is 7.38. The van der Waals surface area contributed by atoms with Crippen LogP contribution in [-0.2, 0) is 9.59 Å². The molecule has 0 radical (unpaired) electrons. The third kappa shape index (κ3) is 4.41. The maximum Gasteiger partial charge on any atom is 0.295 e. The molecular formula is C22H23N3O6. The fourth-order valence-electron chi connectivity index (χ4n) is 3.47. The van der Waals surface area contributed by atoms with Gasteiger partial charge in [0.25, 0.3) is 17.4 Å². The molecule has 1 atom stereocenters. The number of rotatable bonds is 7. The highest BCUT2D eigenvalue weighted by atomic mass is 16.6. The van der Waals surface area contributed by atoms with Gasteiger partial charge in [0, 0.05) is 30.8 Å². The number of nitro benzene ring substituents is 1. The predicted molar refractivity (Wildman–Crippen MR) is 114 cm³/mol. The molecule has 2 aromatic rings. The molecule has 162 valence electrons. The lowest BCUT2D eigenvalue weighted by Gasteiger charge is -2.26. The van der Waals surface area contributed by atoms with Gasteiger partial charge in [-0.1, -0.05) is 12.1 Å². The Labute approximate surface area is 179 Å². The van der Waals surface area contributed by atoms with Crippen molar-refractivity contribution < 1.29 is 24.4 Å². The minimum absolute atomic E-state index is 0.0640. The minimum atomic E-state index is -0.869. The molecule has 1 fully saturated rings. The maximum absolute atomic E-state index is 12.9. The van der Waals surface area contributed by atoms with E-state index in [1.54, 1.807) is 24.3 Å². The number of hydrogen-bond acceptors (Lipinski definition) is 7. The van der Waals surface area contributed by atoms with Gasteiger partial charge in [-0.2, -0.15) is 0 Å². The topological polar surface area (TPSA) is 113 Å². The lowest BCUT2D eigenvalue weighted by Crippen LogP contribution is -2.35. The van der Waals surface area contributed by atoms with Crippen molar-refractivity contribution in [2.75, 3.05) is 34.3 Å². The van der Waals surface area contributed by atoms with Crippen LogP contribution in [0.2, 0.25) is 0 Å². The number of carbonyl (C=O) groups excluding carboxylic acids is 2. The van der Waals surface area contributed by atoms with Gasteiger partial charge in [0.15, 0.2) is 0 Å². The first-order valence-corrected chi connectivity index (χ1v) is 9.56. The summed E-state index contributed by atoms with van der Waals surface area (Å²) in [5.74, 6) is -1.37. The van der Waals surface area contributed by atoms with Crippen LogP contribution in [-0.4, -0.2) is 65.8 Å². The number of carbonyl (C=O) groups is 2. The number of aliphatic hydroxyl groups excluding tert-OH is 1. The second kappa shape index (κ2) is 8.97. The average molecular weight is 425 g/mol. The molecule has 1 saturated heterocycles. The van der Waals surface area contributed by atoms with Crippen LogP contribution in [0.5, 0.6) is 5.75 Å². The van der Waals surface area contributed by atoms with Crippen molar-refractivity contribution in [1.82, 2.24) is 9.80 Å². The van der Waals surface area contributed by atoms with Crippen molar-refractivity contribution in [1.29, 1.82) is 0 Å². The molecule has 0 saturated carbocycles. The van der Waals surface area contributed by atoms with E-state index in [0.29, 0.717) is 23.4 Å². The molecule has 3 rings (SSSR count). The molecule has 1 aliphatic heterocycles. The third-order valence-electron chi connectivity index (χ3n) is 5.09.